The molecule has 0 radical (unpaired) electrons. The maximum atomic E-state index is 12.9. The van der Waals surface area contributed by atoms with E-state index in [1.807, 2.05) is 0 Å². The largest absolute Gasteiger partial charge is 0.497 e. The average molecular weight is 443 g/mol. The first-order valence-corrected chi connectivity index (χ1v) is 11.1. The van der Waals surface area contributed by atoms with Crippen molar-refractivity contribution in [2.45, 2.75) is 32.1 Å². The van der Waals surface area contributed by atoms with Gasteiger partial charge in [-0.1, -0.05) is 0 Å². The number of anilines is 2. The van der Waals surface area contributed by atoms with Gasteiger partial charge in [0.2, 0.25) is 17.8 Å². The summed E-state index contributed by atoms with van der Waals surface area (Å²) in [6, 6.07) is 5.13. The van der Waals surface area contributed by atoms with Gasteiger partial charge in [-0.15, -0.1) is 5.10 Å². The molecule has 2 aromatic rings. The maximum absolute atomic E-state index is 12.9. The molecule has 2 amide bonds. The molecule has 0 aliphatic carbocycles. The van der Waals surface area contributed by atoms with Crippen molar-refractivity contribution < 1.29 is 19.1 Å². The Labute approximate surface area is 187 Å². The van der Waals surface area contributed by atoms with Gasteiger partial charge in [0.15, 0.2) is 0 Å². The standard InChI is InChI=1S/C22H30N6O4/c1-31-17-12-16(13-18(14-17)32-2)20(30)27-10-6-15(7-11-27)19(29)23-21-24-22(26-25-21)28-8-4-3-5-9-28/h12-15H,3-11H2,1-2H3,(H2,23,24,25,26,29). The van der Waals surface area contributed by atoms with Crippen LogP contribution in [0.3, 0.4) is 0 Å². The molecule has 10 heteroatoms. The van der Waals surface area contributed by atoms with Crippen LogP contribution >= 0.6 is 0 Å². The molecule has 2 aliphatic heterocycles. The number of methoxy groups -OCH3 is 2. The zero-order chi connectivity index (χ0) is 22.5. The molecule has 1 aromatic heterocycles. The Morgan fingerprint density at radius 3 is 2.28 bits per heavy atom. The number of hydrogen-bond acceptors (Lipinski definition) is 7. The van der Waals surface area contributed by atoms with Crippen LogP contribution in [-0.4, -0.2) is 72.3 Å². The van der Waals surface area contributed by atoms with Gasteiger partial charge in [0.25, 0.3) is 5.91 Å². The lowest BCUT2D eigenvalue weighted by molar-refractivity contribution is -0.121. The molecule has 1 aromatic carbocycles. The second-order valence-corrected chi connectivity index (χ2v) is 8.19. The number of ether oxygens (including phenoxy) is 2. The highest BCUT2D eigenvalue weighted by molar-refractivity contribution is 5.95. The monoisotopic (exact) mass is 442 g/mol. The molecule has 10 nitrogen and oxygen atoms in total. The minimum Gasteiger partial charge on any atom is -0.497 e. The first-order chi connectivity index (χ1) is 15.6. The highest BCUT2D eigenvalue weighted by Crippen LogP contribution is 2.26. The molecule has 0 unspecified atom stereocenters. The van der Waals surface area contributed by atoms with Crippen molar-refractivity contribution >= 4 is 23.7 Å². The van der Waals surface area contributed by atoms with Gasteiger partial charge in [0, 0.05) is 43.7 Å². The van der Waals surface area contributed by atoms with Crippen LogP contribution in [0.2, 0.25) is 0 Å². The van der Waals surface area contributed by atoms with Gasteiger partial charge >= 0.3 is 0 Å². The molecule has 3 heterocycles. The minimum atomic E-state index is -0.178. The Morgan fingerprint density at radius 1 is 1.00 bits per heavy atom. The van der Waals surface area contributed by atoms with Crippen molar-refractivity contribution in [1.29, 1.82) is 0 Å². The summed E-state index contributed by atoms with van der Waals surface area (Å²) in [5.74, 6) is 1.77. The summed E-state index contributed by atoms with van der Waals surface area (Å²) < 4.78 is 10.5. The van der Waals surface area contributed by atoms with Gasteiger partial charge in [-0.2, -0.15) is 4.98 Å². The number of nitrogens with one attached hydrogen (secondary N) is 2. The summed E-state index contributed by atoms with van der Waals surface area (Å²) in [4.78, 5) is 34.0. The number of aromatic nitrogens is 3. The predicted molar refractivity (Wildman–Crippen MR) is 119 cm³/mol. The summed E-state index contributed by atoms with van der Waals surface area (Å²) in [5, 5.41) is 9.90. The lowest BCUT2D eigenvalue weighted by atomic mass is 9.95. The Hall–Kier alpha value is -3.30. The third-order valence-corrected chi connectivity index (χ3v) is 6.11. The van der Waals surface area contributed by atoms with Crippen molar-refractivity contribution in [2.75, 3.05) is 50.6 Å². The lowest BCUT2D eigenvalue weighted by Crippen LogP contribution is -2.41. The molecule has 4 rings (SSSR count). The summed E-state index contributed by atoms with van der Waals surface area (Å²) in [6.07, 6.45) is 4.68. The van der Waals surface area contributed by atoms with Gasteiger partial charge in [-0.25, -0.2) is 5.10 Å². The number of likely N-dealkylation sites (tertiary alicyclic amines) is 1. The molecule has 0 saturated carbocycles. The maximum Gasteiger partial charge on any atom is 0.254 e. The van der Waals surface area contributed by atoms with Crippen LogP contribution in [-0.2, 0) is 4.79 Å². The van der Waals surface area contributed by atoms with Crippen LogP contribution in [0.15, 0.2) is 18.2 Å². The zero-order valence-corrected chi connectivity index (χ0v) is 18.6. The van der Waals surface area contributed by atoms with E-state index >= 15 is 0 Å². The number of benzene rings is 1. The van der Waals surface area contributed by atoms with Gasteiger partial charge in [-0.3, -0.25) is 14.9 Å². The van der Waals surface area contributed by atoms with Crippen LogP contribution in [0.5, 0.6) is 11.5 Å². The molecule has 2 saturated heterocycles. The van der Waals surface area contributed by atoms with E-state index in [1.54, 1.807) is 37.3 Å². The Kier molecular flexibility index (Phi) is 6.77. The average Bonchev–Trinajstić information content (AvgIpc) is 3.32. The molecule has 172 valence electrons. The van der Waals surface area contributed by atoms with Crippen LogP contribution in [0, 0.1) is 5.92 Å². The molecular formula is C22H30N6O4. The molecule has 0 bridgehead atoms. The fourth-order valence-corrected chi connectivity index (χ4v) is 4.22. The van der Waals surface area contributed by atoms with Crippen molar-refractivity contribution in [2.24, 2.45) is 5.92 Å². The number of amides is 2. The predicted octanol–water partition coefficient (Wildman–Crippen LogP) is 2.30. The minimum absolute atomic E-state index is 0.0949. The number of aromatic amines is 1. The summed E-state index contributed by atoms with van der Waals surface area (Å²) in [6.45, 7) is 2.89. The van der Waals surface area contributed by atoms with Crippen molar-refractivity contribution in [3.8, 4) is 11.5 Å². The van der Waals surface area contributed by atoms with E-state index in [0.29, 0.717) is 54.9 Å². The quantitative estimate of drug-likeness (QED) is 0.706. The summed E-state index contributed by atoms with van der Waals surface area (Å²) in [7, 11) is 3.11. The van der Waals surface area contributed by atoms with Crippen LogP contribution in [0.4, 0.5) is 11.9 Å². The van der Waals surface area contributed by atoms with E-state index in [0.717, 1.165) is 25.9 Å². The molecule has 2 N–H and O–H groups in total. The number of carbonyl (C=O) groups is 2. The number of H-pyrrole nitrogens is 1. The van der Waals surface area contributed by atoms with Gasteiger partial charge in [0.1, 0.15) is 11.5 Å². The van der Waals surface area contributed by atoms with Crippen LogP contribution in [0.25, 0.3) is 0 Å². The molecule has 2 fully saturated rings. The Balaban J connectivity index is 1.31. The van der Waals surface area contributed by atoms with Crippen molar-refractivity contribution in [1.82, 2.24) is 20.1 Å². The van der Waals surface area contributed by atoms with E-state index in [2.05, 4.69) is 25.4 Å². The van der Waals surface area contributed by atoms with Gasteiger partial charge in [0.05, 0.1) is 14.2 Å². The molecule has 0 atom stereocenters. The number of nitrogens with zero attached hydrogens (tertiary/aromatic N) is 4. The highest BCUT2D eigenvalue weighted by Gasteiger charge is 2.29. The zero-order valence-electron chi connectivity index (χ0n) is 18.6. The van der Waals surface area contributed by atoms with E-state index in [-0.39, 0.29) is 17.7 Å². The molecular weight excluding hydrogens is 412 g/mol. The molecule has 2 aliphatic rings. The Morgan fingerprint density at radius 2 is 1.66 bits per heavy atom. The van der Waals surface area contributed by atoms with Gasteiger partial charge < -0.3 is 19.3 Å². The van der Waals surface area contributed by atoms with Crippen LogP contribution < -0.4 is 19.7 Å². The van der Waals surface area contributed by atoms with Gasteiger partial charge in [-0.05, 0) is 44.2 Å². The fraction of sp³-hybridized carbons (Fsp3) is 0.545. The summed E-state index contributed by atoms with van der Waals surface area (Å²) >= 11 is 0. The summed E-state index contributed by atoms with van der Waals surface area (Å²) in [5.41, 5.74) is 0.510. The van der Waals surface area contributed by atoms with E-state index < -0.39 is 0 Å². The second-order valence-electron chi connectivity index (χ2n) is 8.19. The number of hydrogen-bond donors (Lipinski definition) is 2. The Bertz CT molecular complexity index is 925. The highest BCUT2D eigenvalue weighted by atomic mass is 16.5. The number of piperidine rings is 2. The third-order valence-electron chi connectivity index (χ3n) is 6.11. The first-order valence-electron chi connectivity index (χ1n) is 11.1. The SMILES string of the molecule is COc1cc(OC)cc(C(=O)N2CCC(C(=O)Nc3nc(N4CCCCC4)n[nH]3)CC2)c1. The molecule has 0 spiro atoms. The lowest BCUT2D eigenvalue weighted by Gasteiger charge is -2.31. The van der Waals surface area contributed by atoms with E-state index in [9.17, 15) is 9.59 Å². The van der Waals surface area contributed by atoms with E-state index in [1.165, 1.54) is 6.42 Å². The number of rotatable bonds is 6. The second kappa shape index (κ2) is 9.88. The fourth-order valence-electron chi connectivity index (χ4n) is 4.22. The first kappa shape index (κ1) is 21.9. The van der Waals surface area contributed by atoms with E-state index in [4.69, 9.17) is 9.47 Å². The third kappa shape index (κ3) is 4.95. The van der Waals surface area contributed by atoms with Crippen molar-refractivity contribution in [3.63, 3.8) is 0 Å². The van der Waals surface area contributed by atoms with Crippen molar-refractivity contribution in [3.05, 3.63) is 23.8 Å². The van der Waals surface area contributed by atoms with Crippen LogP contribution in [0.1, 0.15) is 42.5 Å². The number of carbonyl (C=O) groups excluding carboxylic acids is 2. The smallest absolute Gasteiger partial charge is 0.254 e. The topological polar surface area (TPSA) is 113 Å². The normalized spacial score (nSPS) is 17.2. The molecule has 32 heavy (non-hydrogen) atoms.